The van der Waals surface area contributed by atoms with Gasteiger partial charge in [-0.3, -0.25) is 0 Å². The summed E-state index contributed by atoms with van der Waals surface area (Å²) in [6.45, 7) is 1.16. The van der Waals surface area contributed by atoms with Crippen LogP contribution in [0, 0.1) is 0 Å². The summed E-state index contributed by atoms with van der Waals surface area (Å²) in [7, 11) is 0. The van der Waals surface area contributed by atoms with Crippen LogP contribution in [0.25, 0.3) is 11.2 Å². The molecule has 0 aromatic carbocycles. The number of nitrogens with zero attached hydrogens (tertiary/aromatic N) is 2. The number of rotatable bonds is 1. The number of nitrogens with one attached hydrogen (secondary N) is 1. The summed E-state index contributed by atoms with van der Waals surface area (Å²) in [4.78, 5) is 11.7. The Bertz CT molecular complexity index is 529. The molecule has 0 radical (unpaired) electrons. The first kappa shape index (κ1) is 9.56. The monoisotopic (exact) mass is 219 g/mol. The summed E-state index contributed by atoms with van der Waals surface area (Å²) < 4.78 is 5.30. The molecule has 0 saturated carbocycles. The first-order valence-electron chi connectivity index (χ1n) is 5.17. The summed E-state index contributed by atoms with van der Waals surface area (Å²) >= 11 is 0. The molecule has 84 valence electrons. The first-order chi connectivity index (χ1) is 7.67. The number of H-pyrrole nitrogens is 1. The molecule has 6 nitrogen and oxygen atoms in total. The minimum Gasteiger partial charge on any atom is -0.384 e. The largest absolute Gasteiger partial charge is 0.384 e. The maximum absolute atomic E-state index is 6.20. The van der Waals surface area contributed by atoms with E-state index in [1.54, 1.807) is 6.07 Å². The molecule has 3 rings (SSSR count). The number of hydrogen-bond acceptors (Lipinski definition) is 5. The van der Waals surface area contributed by atoms with Gasteiger partial charge < -0.3 is 21.2 Å². The highest BCUT2D eigenvalue weighted by Gasteiger charge is 2.35. The fraction of sp³-hybridized carbons (Fsp3) is 0.400. The molecule has 0 bridgehead atoms. The van der Waals surface area contributed by atoms with Crippen LogP contribution in [0.4, 0.5) is 5.82 Å². The van der Waals surface area contributed by atoms with Gasteiger partial charge in [0.25, 0.3) is 0 Å². The third-order valence-corrected chi connectivity index (χ3v) is 2.89. The summed E-state index contributed by atoms with van der Waals surface area (Å²) in [5, 5.41) is 0. The van der Waals surface area contributed by atoms with E-state index >= 15 is 0 Å². The fourth-order valence-corrected chi connectivity index (χ4v) is 1.91. The van der Waals surface area contributed by atoms with Gasteiger partial charge in [0, 0.05) is 6.61 Å². The average molecular weight is 219 g/mol. The van der Waals surface area contributed by atoms with Gasteiger partial charge in [-0.1, -0.05) is 0 Å². The number of aromatic amines is 1. The number of anilines is 1. The van der Waals surface area contributed by atoms with Crippen molar-refractivity contribution in [2.24, 2.45) is 5.73 Å². The van der Waals surface area contributed by atoms with Crippen LogP contribution in [0.2, 0.25) is 0 Å². The highest BCUT2D eigenvalue weighted by Crippen LogP contribution is 2.26. The van der Waals surface area contributed by atoms with E-state index in [1.807, 2.05) is 6.07 Å². The fourth-order valence-electron chi connectivity index (χ4n) is 1.91. The van der Waals surface area contributed by atoms with Gasteiger partial charge in [0.1, 0.15) is 17.2 Å². The van der Waals surface area contributed by atoms with Gasteiger partial charge in [0.2, 0.25) is 0 Å². The number of aromatic nitrogens is 3. The molecule has 1 saturated heterocycles. The smallest absolute Gasteiger partial charge is 0.179 e. The van der Waals surface area contributed by atoms with E-state index in [0.717, 1.165) is 17.8 Å². The Morgan fingerprint density at radius 2 is 2.25 bits per heavy atom. The SMILES string of the molecule is Nc1ccc2[nH]c(C3(N)CCOC3)nc2n1. The molecule has 1 fully saturated rings. The Kier molecular flexibility index (Phi) is 1.89. The normalized spacial score (nSPS) is 25.3. The van der Waals surface area contributed by atoms with E-state index in [-0.39, 0.29) is 0 Å². The van der Waals surface area contributed by atoms with Crippen molar-refractivity contribution >= 4 is 17.0 Å². The zero-order valence-corrected chi connectivity index (χ0v) is 8.73. The second kappa shape index (κ2) is 3.16. The van der Waals surface area contributed by atoms with Crippen LogP contribution < -0.4 is 11.5 Å². The number of fused-ring (bicyclic) bond motifs is 1. The third kappa shape index (κ3) is 1.35. The van der Waals surface area contributed by atoms with Crippen molar-refractivity contribution in [2.45, 2.75) is 12.0 Å². The lowest BCUT2D eigenvalue weighted by Crippen LogP contribution is -2.38. The molecule has 1 aliphatic heterocycles. The van der Waals surface area contributed by atoms with E-state index in [0.29, 0.717) is 24.7 Å². The number of nitrogen functional groups attached to an aromatic ring is 1. The van der Waals surface area contributed by atoms with Gasteiger partial charge in [0.05, 0.1) is 12.1 Å². The van der Waals surface area contributed by atoms with Gasteiger partial charge in [-0.05, 0) is 18.6 Å². The summed E-state index contributed by atoms with van der Waals surface area (Å²) in [5.74, 6) is 1.18. The third-order valence-electron chi connectivity index (χ3n) is 2.89. The zero-order chi connectivity index (χ0) is 11.2. The van der Waals surface area contributed by atoms with Crippen LogP contribution >= 0.6 is 0 Å². The van der Waals surface area contributed by atoms with E-state index < -0.39 is 5.54 Å². The van der Waals surface area contributed by atoms with Crippen LogP contribution in [0.3, 0.4) is 0 Å². The van der Waals surface area contributed by atoms with Gasteiger partial charge in [-0.25, -0.2) is 9.97 Å². The van der Waals surface area contributed by atoms with Crippen molar-refractivity contribution in [2.75, 3.05) is 18.9 Å². The van der Waals surface area contributed by atoms with Crippen LogP contribution in [0.5, 0.6) is 0 Å². The quantitative estimate of drug-likeness (QED) is 0.632. The lowest BCUT2D eigenvalue weighted by Gasteiger charge is -2.17. The Balaban J connectivity index is 2.11. The maximum atomic E-state index is 6.20. The molecule has 3 heterocycles. The Labute approximate surface area is 92.0 Å². The predicted octanol–water partition coefficient (Wildman–Crippen LogP) is 0.114. The topological polar surface area (TPSA) is 103 Å². The standard InChI is InChI=1S/C10H13N5O/c11-7-2-1-6-8(14-7)15-9(13-6)10(12)3-4-16-5-10/h1-2H,3-5,12H2,(H3,11,13,14,15). The summed E-state index contributed by atoms with van der Waals surface area (Å²) in [6, 6.07) is 3.59. The second-order valence-corrected chi connectivity index (χ2v) is 4.15. The predicted molar refractivity (Wildman–Crippen MR) is 59.6 cm³/mol. The van der Waals surface area contributed by atoms with Crippen molar-refractivity contribution < 1.29 is 4.74 Å². The van der Waals surface area contributed by atoms with E-state index in [2.05, 4.69) is 15.0 Å². The van der Waals surface area contributed by atoms with Crippen molar-refractivity contribution in [3.63, 3.8) is 0 Å². The van der Waals surface area contributed by atoms with Crippen molar-refractivity contribution in [1.82, 2.24) is 15.0 Å². The molecule has 2 aromatic heterocycles. The molecule has 0 aliphatic carbocycles. The van der Waals surface area contributed by atoms with E-state index in [1.165, 1.54) is 0 Å². The van der Waals surface area contributed by atoms with E-state index in [9.17, 15) is 0 Å². The molecule has 1 aliphatic rings. The average Bonchev–Trinajstić information content (AvgIpc) is 2.84. The molecule has 2 aromatic rings. The Morgan fingerprint density at radius 3 is 3.00 bits per heavy atom. The molecule has 1 atom stereocenters. The van der Waals surface area contributed by atoms with Crippen molar-refractivity contribution in [3.8, 4) is 0 Å². The lowest BCUT2D eigenvalue weighted by atomic mass is 10.00. The molecular weight excluding hydrogens is 206 g/mol. The van der Waals surface area contributed by atoms with Crippen LogP contribution in [0.1, 0.15) is 12.2 Å². The molecular formula is C10H13N5O. The molecule has 5 N–H and O–H groups in total. The van der Waals surface area contributed by atoms with Crippen molar-refractivity contribution in [3.05, 3.63) is 18.0 Å². The van der Waals surface area contributed by atoms with Crippen molar-refractivity contribution in [1.29, 1.82) is 0 Å². The summed E-state index contributed by atoms with van der Waals surface area (Å²) in [5.41, 5.74) is 12.7. The number of nitrogens with two attached hydrogens (primary N) is 2. The van der Waals surface area contributed by atoms with E-state index in [4.69, 9.17) is 16.2 Å². The number of hydrogen-bond donors (Lipinski definition) is 3. The zero-order valence-electron chi connectivity index (χ0n) is 8.73. The minimum absolute atomic E-state index is 0.458. The number of imidazole rings is 1. The van der Waals surface area contributed by atoms with Crippen LogP contribution in [0.15, 0.2) is 12.1 Å². The van der Waals surface area contributed by atoms with Gasteiger partial charge >= 0.3 is 0 Å². The van der Waals surface area contributed by atoms with Crippen LogP contribution in [-0.4, -0.2) is 28.2 Å². The molecule has 1 unspecified atom stereocenters. The van der Waals surface area contributed by atoms with Crippen LogP contribution in [-0.2, 0) is 10.3 Å². The second-order valence-electron chi connectivity index (χ2n) is 4.15. The molecule has 16 heavy (non-hydrogen) atoms. The highest BCUT2D eigenvalue weighted by molar-refractivity contribution is 5.72. The van der Waals surface area contributed by atoms with Gasteiger partial charge in [0.15, 0.2) is 5.65 Å². The lowest BCUT2D eigenvalue weighted by molar-refractivity contribution is 0.176. The number of ether oxygens (including phenoxy) is 1. The van der Waals surface area contributed by atoms with Gasteiger partial charge in [-0.2, -0.15) is 0 Å². The number of pyridine rings is 1. The molecule has 0 amide bonds. The highest BCUT2D eigenvalue weighted by atomic mass is 16.5. The first-order valence-corrected chi connectivity index (χ1v) is 5.17. The van der Waals surface area contributed by atoms with Gasteiger partial charge in [-0.15, -0.1) is 0 Å². The molecule has 0 spiro atoms. The Hall–Kier alpha value is -1.66. The maximum Gasteiger partial charge on any atom is 0.179 e. The summed E-state index contributed by atoms with van der Waals surface area (Å²) in [6.07, 6.45) is 0.766. The Morgan fingerprint density at radius 1 is 1.38 bits per heavy atom. The minimum atomic E-state index is -0.518. The molecule has 6 heteroatoms.